The molecule has 0 aliphatic heterocycles. The number of rotatable bonds is 3. The van der Waals surface area contributed by atoms with Gasteiger partial charge in [-0.3, -0.25) is 0 Å². The van der Waals surface area contributed by atoms with Gasteiger partial charge in [0.25, 0.3) is 0 Å². The van der Waals surface area contributed by atoms with Gasteiger partial charge in [-0.2, -0.15) is 0 Å². The molecule has 0 amide bonds. The van der Waals surface area contributed by atoms with Crippen LogP contribution in [0, 0.1) is 5.92 Å². The Bertz CT molecular complexity index is 337. The summed E-state index contributed by atoms with van der Waals surface area (Å²) in [6.45, 7) is 4.47. The molecule has 0 unspecified atom stereocenters. The highest BCUT2D eigenvalue weighted by molar-refractivity contribution is 5.28. The molecule has 1 aliphatic carbocycles. The molecule has 1 aromatic carbocycles. The molecule has 1 heteroatoms. The maximum Gasteiger partial charge on any atom is 0.0323 e. The second-order valence-corrected chi connectivity index (χ2v) is 5.40. The highest BCUT2D eigenvalue weighted by atomic mass is 14.7. The van der Waals surface area contributed by atoms with Crippen molar-refractivity contribution in [1.82, 2.24) is 0 Å². The van der Waals surface area contributed by atoms with Crippen LogP contribution in [0.5, 0.6) is 0 Å². The molecule has 1 saturated carbocycles. The van der Waals surface area contributed by atoms with Crippen LogP contribution < -0.4 is 5.73 Å². The molecule has 1 fully saturated rings. The average Bonchev–Trinajstić information content (AvgIpc) is 2.81. The minimum Gasteiger partial charge on any atom is -0.324 e. The van der Waals surface area contributed by atoms with E-state index in [1.807, 2.05) is 0 Å². The summed E-state index contributed by atoms with van der Waals surface area (Å²) in [4.78, 5) is 0. The summed E-state index contributed by atoms with van der Waals surface area (Å²) in [6.07, 6.45) is 5.35. The molecule has 1 aromatic rings. The molecule has 2 rings (SSSR count). The first-order chi connectivity index (χ1) is 7.68. The SMILES string of the molecule is CC(C)c1cccc([C@H](N)C2CCCC2)c1. The van der Waals surface area contributed by atoms with Gasteiger partial charge in [-0.15, -0.1) is 0 Å². The second kappa shape index (κ2) is 5.01. The van der Waals surface area contributed by atoms with E-state index in [1.54, 1.807) is 0 Å². The van der Waals surface area contributed by atoms with Crippen LogP contribution in [-0.4, -0.2) is 0 Å². The molecule has 2 N–H and O–H groups in total. The van der Waals surface area contributed by atoms with Crippen LogP contribution in [0.15, 0.2) is 24.3 Å². The van der Waals surface area contributed by atoms with Gasteiger partial charge in [-0.05, 0) is 35.8 Å². The van der Waals surface area contributed by atoms with E-state index >= 15 is 0 Å². The minimum atomic E-state index is 0.251. The highest BCUT2D eigenvalue weighted by Crippen LogP contribution is 2.34. The number of hydrogen-bond donors (Lipinski definition) is 1. The summed E-state index contributed by atoms with van der Waals surface area (Å²) in [5.41, 5.74) is 9.11. The Kier molecular flexibility index (Phi) is 3.65. The molecule has 0 saturated heterocycles. The largest absolute Gasteiger partial charge is 0.324 e. The van der Waals surface area contributed by atoms with Gasteiger partial charge in [0, 0.05) is 6.04 Å². The summed E-state index contributed by atoms with van der Waals surface area (Å²) in [6, 6.07) is 9.10. The summed E-state index contributed by atoms with van der Waals surface area (Å²) < 4.78 is 0. The van der Waals surface area contributed by atoms with E-state index in [0.29, 0.717) is 11.8 Å². The zero-order valence-electron chi connectivity index (χ0n) is 10.4. The summed E-state index contributed by atoms with van der Waals surface area (Å²) in [7, 11) is 0. The van der Waals surface area contributed by atoms with Crippen molar-refractivity contribution < 1.29 is 0 Å². The fourth-order valence-corrected chi connectivity index (χ4v) is 2.71. The van der Waals surface area contributed by atoms with Gasteiger partial charge in [0.2, 0.25) is 0 Å². The van der Waals surface area contributed by atoms with Crippen molar-refractivity contribution in [2.45, 2.75) is 51.5 Å². The van der Waals surface area contributed by atoms with Gasteiger partial charge >= 0.3 is 0 Å². The number of hydrogen-bond acceptors (Lipinski definition) is 1. The molecule has 16 heavy (non-hydrogen) atoms. The third kappa shape index (κ3) is 2.46. The first-order valence-electron chi connectivity index (χ1n) is 6.54. The molecular formula is C15H23N. The number of nitrogens with two attached hydrogens (primary N) is 1. The molecule has 1 atom stereocenters. The maximum atomic E-state index is 6.37. The van der Waals surface area contributed by atoms with Gasteiger partial charge in [0.1, 0.15) is 0 Å². The van der Waals surface area contributed by atoms with Gasteiger partial charge in [-0.1, -0.05) is 51.0 Å². The lowest BCUT2D eigenvalue weighted by atomic mass is 9.90. The Morgan fingerprint density at radius 1 is 1.12 bits per heavy atom. The van der Waals surface area contributed by atoms with Crippen LogP contribution in [0.4, 0.5) is 0 Å². The highest BCUT2D eigenvalue weighted by Gasteiger charge is 2.23. The van der Waals surface area contributed by atoms with Gasteiger partial charge in [0.15, 0.2) is 0 Å². The molecular weight excluding hydrogens is 194 g/mol. The van der Waals surface area contributed by atoms with Crippen LogP contribution >= 0.6 is 0 Å². The van der Waals surface area contributed by atoms with Crippen molar-refractivity contribution in [2.24, 2.45) is 11.7 Å². The first-order valence-corrected chi connectivity index (χ1v) is 6.54. The molecule has 0 aromatic heterocycles. The Hall–Kier alpha value is -0.820. The van der Waals surface area contributed by atoms with Crippen molar-refractivity contribution in [3.05, 3.63) is 35.4 Å². The Morgan fingerprint density at radius 3 is 2.38 bits per heavy atom. The predicted octanol–water partition coefficient (Wildman–Crippen LogP) is 4.00. The molecule has 1 aliphatic rings. The van der Waals surface area contributed by atoms with Crippen LogP contribution in [-0.2, 0) is 0 Å². The molecule has 0 radical (unpaired) electrons. The fourth-order valence-electron chi connectivity index (χ4n) is 2.71. The van der Waals surface area contributed by atoms with Crippen molar-refractivity contribution in [1.29, 1.82) is 0 Å². The average molecular weight is 217 g/mol. The smallest absolute Gasteiger partial charge is 0.0323 e. The van der Waals surface area contributed by atoms with Crippen LogP contribution in [0.1, 0.15) is 62.6 Å². The normalized spacial score (nSPS) is 19.2. The van der Waals surface area contributed by atoms with Crippen molar-refractivity contribution in [3.8, 4) is 0 Å². The monoisotopic (exact) mass is 217 g/mol. The van der Waals surface area contributed by atoms with E-state index in [0.717, 1.165) is 0 Å². The van der Waals surface area contributed by atoms with Crippen LogP contribution in [0.3, 0.4) is 0 Å². The molecule has 0 spiro atoms. The van der Waals surface area contributed by atoms with Crippen molar-refractivity contribution >= 4 is 0 Å². The van der Waals surface area contributed by atoms with Crippen molar-refractivity contribution in [3.63, 3.8) is 0 Å². The molecule has 1 nitrogen and oxygen atoms in total. The Balaban J connectivity index is 2.15. The fraction of sp³-hybridized carbons (Fsp3) is 0.600. The Labute approximate surface area is 99.0 Å². The van der Waals surface area contributed by atoms with Gasteiger partial charge < -0.3 is 5.73 Å². The topological polar surface area (TPSA) is 26.0 Å². The third-order valence-corrected chi connectivity index (χ3v) is 3.87. The second-order valence-electron chi connectivity index (χ2n) is 5.40. The zero-order valence-corrected chi connectivity index (χ0v) is 10.4. The minimum absolute atomic E-state index is 0.251. The van der Waals surface area contributed by atoms with Crippen LogP contribution in [0.25, 0.3) is 0 Å². The van der Waals surface area contributed by atoms with E-state index in [2.05, 4.69) is 38.1 Å². The standard InChI is InChI=1S/C15H23N/c1-11(2)13-8-5-9-14(10-13)15(16)12-6-3-4-7-12/h5,8-12,15H,3-4,6-7,16H2,1-2H3/t15-/m1/s1. The molecule has 0 heterocycles. The first kappa shape index (κ1) is 11.7. The predicted molar refractivity (Wildman–Crippen MR) is 69.4 cm³/mol. The lowest BCUT2D eigenvalue weighted by molar-refractivity contribution is 0.444. The van der Waals surface area contributed by atoms with Crippen molar-refractivity contribution in [2.75, 3.05) is 0 Å². The lowest BCUT2D eigenvalue weighted by Gasteiger charge is -2.20. The van der Waals surface area contributed by atoms with Crippen LogP contribution in [0.2, 0.25) is 0 Å². The lowest BCUT2D eigenvalue weighted by Crippen LogP contribution is -2.19. The van der Waals surface area contributed by atoms with E-state index < -0.39 is 0 Å². The van der Waals surface area contributed by atoms with E-state index in [4.69, 9.17) is 5.73 Å². The number of benzene rings is 1. The summed E-state index contributed by atoms with van der Waals surface area (Å²) in [5, 5.41) is 0. The maximum absolute atomic E-state index is 6.37. The zero-order chi connectivity index (χ0) is 11.5. The quantitative estimate of drug-likeness (QED) is 0.813. The summed E-state index contributed by atoms with van der Waals surface area (Å²) >= 11 is 0. The van der Waals surface area contributed by atoms with Gasteiger partial charge in [0.05, 0.1) is 0 Å². The van der Waals surface area contributed by atoms with E-state index in [1.165, 1.54) is 36.8 Å². The van der Waals surface area contributed by atoms with E-state index in [-0.39, 0.29) is 6.04 Å². The summed E-state index contributed by atoms with van der Waals surface area (Å²) in [5.74, 6) is 1.30. The molecule has 88 valence electrons. The van der Waals surface area contributed by atoms with E-state index in [9.17, 15) is 0 Å². The third-order valence-electron chi connectivity index (χ3n) is 3.87. The Morgan fingerprint density at radius 2 is 1.75 bits per heavy atom. The van der Waals surface area contributed by atoms with Gasteiger partial charge in [-0.25, -0.2) is 0 Å². The molecule has 0 bridgehead atoms.